The molecule has 1 heterocycles. The highest BCUT2D eigenvalue weighted by atomic mass is 16.5. The Hall–Kier alpha value is -4.06. The molecule has 1 atom stereocenters. The maximum Gasteiger partial charge on any atom is 0.232 e. The van der Waals surface area contributed by atoms with Crippen molar-refractivity contribution in [3.8, 4) is 23.0 Å². The summed E-state index contributed by atoms with van der Waals surface area (Å²) in [5.41, 5.74) is 3.01. The van der Waals surface area contributed by atoms with Crippen LogP contribution < -0.4 is 19.1 Å². The van der Waals surface area contributed by atoms with E-state index >= 15 is 0 Å². The normalized spacial score (nSPS) is 17.8. The summed E-state index contributed by atoms with van der Waals surface area (Å²) in [6, 6.07) is 22.6. The first-order valence-electron chi connectivity index (χ1n) is 11.7. The molecule has 1 aliphatic heterocycles. The molecule has 6 heteroatoms. The number of hydrogen-bond acceptors (Lipinski definition) is 5. The van der Waals surface area contributed by atoms with Gasteiger partial charge >= 0.3 is 0 Å². The summed E-state index contributed by atoms with van der Waals surface area (Å²) in [5, 5.41) is 0. The van der Waals surface area contributed by atoms with Gasteiger partial charge in [0.15, 0.2) is 17.3 Å². The first kappa shape index (κ1) is 22.7. The molecule has 0 saturated carbocycles. The SMILES string of the molecule is COc1cccc(C2CC(=O)N(c3ccc(Oc4ccccc4)cc3)C3=C2C(=O)CCC3)c1OC. The molecule has 0 spiro atoms. The van der Waals surface area contributed by atoms with E-state index in [9.17, 15) is 9.59 Å². The van der Waals surface area contributed by atoms with Crippen LogP contribution in [0, 0.1) is 0 Å². The largest absolute Gasteiger partial charge is 0.493 e. The lowest BCUT2D eigenvalue weighted by molar-refractivity contribution is -0.119. The van der Waals surface area contributed by atoms with Gasteiger partial charge < -0.3 is 14.2 Å². The standard InChI is InChI=1S/C29H27NO5/c1-33-26-13-6-10-22(29(26)34-2)23-18-27(32)30(24-11-7-12-25(31)28(23)24)19-14-16-21(17-15-19)35-20-8-4-3-5-9-20/h3-6,8-10,13-17,23H,7,11-12,18H2,1-2H3. The Morgan fingerprint density at radius 2 is 1.54 bits per heavy atom. The molecule has 6 nitrogen and oxygen atoms in total. The summed E-state index contributed by atoms with van der Waals surface area (Å²) in [6.07, 6.45) is 2.04. The summed E-state index contributed by atoms with van der Waals surface area (Å²) >= 11 is 0. The molecule has 0 bridgehead atoms. The molecule has 3 aromatic rings. The zero-order valence-electron chi connectivity index (χ0n) is 19.8. The van der Waals surface area contributed by atoms with Crippen molar-refractivity contribution < 1.29 is 23.8 Å². The fourth-order valence-electron chi connectivity index (χ4n) is 5.03. The Balaban J connectivity index is 1.53. The lowest BCUT2D eigenvalue weighted by Gasteiger charge is -2.38. The van der Waals surface area contributed by atoms with Crippen molar-refractivity contribution in [2.24, 2.45) is 0 Å². The Morgan fingerprint density at radius 3 is 2.26 bits per heavy atom. The van der Waals surface area contributed by atoms with Crippen molar-refractivity contribution in [3.63, 3.8) is 0 Å². The summed E-state index contributed by atoms with van der Waals surface area (Å²) in [6.45, 7) is 0. The van der Waals surface area contributed by atoms with E-state index in [0.29, 0.717) is 35.7 Å². The van der Waals surface area contributed by atoms with Crippen molar-refractivity contribution in [1.29, 1.82) is 0 Å². The van der Waals surface area contributed by atoms with E-state index in [4.69, 9.17) is 14.2 Å². The van der Waals surface area contributed by atoms with Gasteiger partial charge in [0.1, 0.15) is 11.5 Å². The molecule has 35 heavy (non-hydrogen) atoms. The lowest BCUT2D eigenvalue weighted by atomic mass is 9.76. The molecule has 0 fully saturated rings. The molecule has 0 N–H and O–H groups in total. The van der Waals surface area contributed by atoms with E-state index in [-0.39, 0.29) is 24.0 Å². The molecule has 178 valence electrons. The molecule has 1 aliphatic carbocycles. The van der Waals surface area contributed by atoms with E-state index in [1.807, 2.05) is 72.8 Å². The number of rotatable bonds is 6. The number of hydrogen-bond donors (Lipinski definition) is 0. The molecule has 5 rings (SSSR count). The predicted octanol–water partition coefficient (Wildman–Crippen LogP) is 6.02. The quantitative estimate of drug-likeness (QED) is 0.441. The van der Waals surface area contributed by atoms with Gasteiger partial charge in [-0.25, -0.2) is 0 Å². The number of carbonyl (C=O) groups is 2. The number of benzene rings is 3. The fourth-order valence-corrected chi connectivity index (χ4v) is 5.03. The van der Waals surface area contributed by atoms with Crippen LogP contribution in [-0.4, -0.2) is 25.9 Å². The van der Waals surface area contributed by atoms with Gasteiger partial charge in [0.2, 0.25) is 5.91 Å². The van der Waals surface area contributed by atoms with Gasteiger partial charge in [-0.05, 0) is 55.3 Å². The minimum atomic E-state index is -0.368. The van der Waals surface area contributed by atoms with Crippen LogP contribution in [0.2, 0.25) is 0 Å². The van der Waals surface area contributed by atoms with Gasteiger partial charge in [0.25, 0.3) is 0 Å². The van der Waals surface area contributed by atoms with E-state index in [0.717, 1.165) is 29.1 Å². The van der Waals surface area contributed by atoms with Crippen LogP contribution in [0.25, 0.3) is 0 Å². The van der Waals surface area contributed by atoms with Crippen molar-refractivity contribution in [3.05, 3.63) is 89.6 Å². The van der Waals surface area contributed by atoms with Gasteiger partial charge in [-0.3, -0.25) is 14.5 Å². The Morgan fingerprint density at radius 1 is 0.800 bits per heavy atom. The van der Waals surface area contributed by atoms with Crippen LogP contribution >= 0.6 is 0 Å². The van der Waals surface area contributed by atoms with Crippen LogP contribution in [0.5, 0.6) is 23.0 Å². The lowest BCUT2D eigenvalue weighted by Crippen LogP contribution is -2.40. The van der Waals surface area contributed by atoms with Crippen molar-refractivity contribution in [2.45, 2.75) is 31.6 Å². The maximum absolute atomic E-state index is 13.5. The number of anilines is 1. The topological polar surface area (TPSA) is 65.1 Å². The van der Waals surface area contributed by atoms with Crippen LogP contribution in [0.4, 0.5) is 5.69 Å². The third-order valence-electron chi connectivity index (χ3n) is 6.56. The molecule has 3 aromatic carbocycles. The number of para-hydroxylation sites is 2. The molecule has 1 amide bonds. The third-order valence-corrected chi connectivity index (χ3v) is 6.56. The average molecular weight is 470 g/mol. The number of methoxy groups -OCH3 is 2. The van der Waals surface area contributed by atoms with Gasteiger partial charge in [-0.1, -0.05) is 30.3 Å². The highest BCUT2D eigenvalue weighted by Gasteiger charge is 2.41. The van der Waals surface area contributed by atoms with E-state index < -0.39 is 0 Å². The Labute approximate surface area is 204 Å². The summed E-state index contributed by atoms with van der Waals surface area (Å²) in [7, 11) is 3.16. The van der Waals surface area contributed by atoms with Crippen LogP contribution in [-0.2, 0) is 9.59 Å². The zero-order chi connectivity index (χ0) is 24.4. The van der Waals surface area contributed by atoms with Gasteiger partial charge in [-0.2, -0.15) is 0 Å². The number of carbonyl (C=O) groups excluding carboxylic acids is 2. The summed E-state index contributed by atoms with van der Waals surface area (Å²) in [4.78, 5) is 28.5. The monoisotopic (exact) mass is 469 g/mol. The molecule has 0 saturated heterocycles. The predicted molar refractivity (Wildman–Crippen MR) is 133 cm³/mol. The second-order valence-corrected chi connectivity index (χ2v) is 8.61. The Kier molecular flexibility index (Phi) is 6.27. The van der Waals surface area contributed by atoms with Crippen molar-refractivity contribution in [1.82, 2.24) is 0 Å². The smallest absolute Gasteiger partial charge is 0.232 e. The number of Topliss-reactive ketones (excluding diaryl/α,β-unsaturated/α-hetero) is 1. The summed E-state index contributed by atoms with van der Waals surface area (Å²) in [5.74, 6) is 2.23. The van der Waals surface area contributed by atoms with Crippen LogP contribution in [0.1, 0.15) is 37.2 Å². The minimum Gasteiger partial charge on any atom is -0.493 e. The number of ether oxygens (including phenoxy) is 3. The fraction of sp³-hybridized carbons (Fsp3) is 0.241. The number of allylic oxidation sites excluding steroid dienone is 2. The third kappa shape index (κ3) is 4.28. The summed E-state index contributed by atoms with van der Waals surface area (Å²) < 4.78 is 17.0. The highest BCUT2D eigenvalue weighted by Crippen LogP contribution is 2.47. The minimum absolute atomic E-state index is 0.0509. The molecule has 2 aliphatic rings. The molecule has 0 radical (unpaired) electrons. The van der Waals surface area contributed by atoms with Crippen molar-refractivity contribution >= 4 is 17.4 Å². The first-order valence-corrected chi connectivity index (χ1v) is 11.7. The van der Waals surface area contributed by atoms with E-state index in [1.54, 1.807) is 19.1 Å². The average Bonchev–Trinajstić information content (AvgIpc) is 2.89. The Bertz CT molecular complexity index is 1280. The highest BCUT2D eigenvalue weighted by molar-refractivity contribution is 6.07. The second kappa shape index (κ2) is 9.66. The van der Waals surface area contributed by atoms with Gasteiger partial charge in [0.05, 0.1) is 14.2 Å². The maximum atomic E-state index is 13.5. The van der Waals surface area contributed by atoms with Gasteiger partial charge in [-0.15, -0.1) is 0 Å². The van der Waals surface area contributed by atoms with E-state index in [2.05, 4.69) is 0 Å². The molecular formula is C29H27NO5. The second-order valence-electron chi connectivity index (χ2n) is 8.61. The number of amides is 1. The number of nitrogens with zero attached hydrogens (tertiary/aromatic N) is 1. The van der Waals surface area contributed by atoms with Crippen molar-refractivity contribution in [2.75, 3.05) is 19.1 Å². The van der Waals surface area contributed by atoms with Crippen LogP contribution in [0.3, 0.4) is 0 Å². The van der Waals surface area contributed by atoms with Gasteiger partial charge in [0, 0.05) is 41.3 Å². The number of ketones is 1. The molecule has 0 aromatic heterocycles. The first-order chi connectivity index (χ1) is 17.1. The molecule has 1 unspecified atom stereocenters. The van der Waals surface area contributed by atoms with Crippen LogP contribution in [0.15, 0.2) is 84.1 Å². The molecular weight excluding hydrogens is 442 g/mol. The van der Waals surface area contributed by atoms with E-state index in [1.165, 1.54) is 0 Å². The zero-order valence-corrected chi connectivity index (χ0v) is 19.8.